The summed E-state index contributed by atoms with van der Waals surface area (Å²) in [6, 6.07) is 6.79. The third kappa shape index (κ3) is 3.96. The van der Waals surface area contributed by atoms with Gasteiger partial charge < -0.3 is 25.6 Å². The highest BCUT2D eigenvalue weighted by Gasteiger charge is 2.56. The Morgan fingerprint density at radius 1 is 0.973 bits per heavy atom. The van der Waals surface area contributed by atoms with Crippen molar-refractivity contribution in [1.82, 2.24) is 0 Å². The van der Waals surface area contributed by atoms with Crippen LogP contribution >= 0.6 is 0 Å². The first-order valence-corrected chi connectivity index (χ1v) is 11.8. The lowest BCUT2D eigenvalue weighted by molar-refractivity contribution is -0.123. The molecular formula is C28H28N2O7. The van der Waals surface area contributed by atoms with Crippen molar-refractivity contribution in [2.24, 2.45) is 5.92 Å². The van der Waals surface area contributed by atoms with Crippen LogP contribution in [0, 0.1) is 12.8 Å². The van der Waals surface area contributed by atoms with E-state index < -0.39 is 28.5 Å². The van der Waals surface area contributed by atoms with Gasteiger partial charge in [0, 0.05) is 34.6 Å². The zero-order valence-corrected chi connectivity index (χ0v) is 21.4. The number of amides is 1. The Labute approximate surface area is 213 Å². The van der Waals surface area contributed by atoms with Crippen molar-refractivity contribution in [2.45, 2.75) is 47.0 Å². The van der Waals surface area contributed by atoms with E-state index in [1.165, 1.54) is 26.8 Å². The van der Waals surface area contributed by atoms with E-state index in [0.29, 0.717) is 11.4 Å². The van der Waals surface area contributed by atoms with Gasteiger partial charge in [0.25, 0.3) is 0 Å². The molecule has 2 aromatic carbocycles. The van der Waals surface area contributed by atoms with E-state index in [0.717, 1.165) is 0 Å². The molecule has 0 spiro atoms. The van der Waals surface area contributed by atoms with Crippen LogP contribution < -0.4 is 15.4 Å². The van der Waals surface area contributed by atoms with Gasteiger partial charge in [-0.3, -0.25) is 19.2 Å². The minimum atomic E-state index is -1.58. The molecule has 1 atom stereocenters. The number of Topliss-reactive ketones (excluding diaryl/α,β-unsaturated/α-hetero) is 2. The van der Waals surface area contributed by atoms with E-state index in [-0.39, 0.29) is 57.0 Å². The third-order valence-corrected chi connectivity index (χ3v) is 6.77. The van der Waals surface area contributed by atoms with E-state index in [4.69, 9.17) is 4.74 Å². The molecule has 2 aromatic rings. The summed E-state index contributed by atoms with van der Waals surface area (Å²) in [7, 11) is 0. The summed E-state index contributed by atoms with van der Waals surface area (Å²) >= 11 is 0. The number of carbonyl (C=O) groups is 4. The number of nitrogens with one attached hydrogen (secondary N) is 2. The second-order valence-electron chi connectivity index (χ2n) is 9.73. The molecule has 1 heterocycles. The number of benzene rings is 2. The highest BCUT2D eigenvalue weighted by Crippen LogP contribution is 2.57. The summed E-state index contributed by atoms with van der Waals surface area (Å²) in [5, 5.41) is 27.2. The van der Waals surface area contributed by atoms with Crippen LogP contribution in [0.5, 0.6) is 17.2 Å². The maximum Gasteiger partial charge on any atom is 0.226 e. The lowest BCUT2D eigenvalue weighted by atomic mass is 9.70. The summed E-state index contributed by atoms with van der Waals surface area (Å²) in [6.07, 6.45) is 1.17. The molecule has 0 saturated carbocycles. The highest BCUT2D eigenvalue weighted by molar-refractivity contribution is 6.31. The molecule has 4 rings (SSSR count). The average Bonchev–Trinajstić information content (AvgIpc) is 3.11. The van der Waals surface area contributed by atoms with Gasteiger partial charge in [-0.15, -0.1) is 0 Å². The third-order valence-electron chi connectivity index (χ3n) is 6.77. The molecule has 1 amide bonds. The van der Waals surface area contributed by atoms with Crippen LogP contribution in [0.3, 0.4) is 0 Å². The van der Waals surface area contributed by atoms with Crippen LogP contribution in [0.1, 0.15) is 56.1 Å². The minimum Gasteiger partial charge on any atom is -0.507 e. The number of ketones is 3. The van der Waals surface area contributed by atoms with Crippen molar-refractivity contribution in [3.05, 3.63) is 64.1 Å². The van der Waals surface area contributed by atoms with Crippen molar-refractivity contribution in [1.29, 1.82) is 0 Å². The van der Waals surface area contributed by atoms with Crippen molar-refractivity contribution < 1.29 is 34.1 Å². The number of ether oxygens (including phenoxy) is 1. The smallest absolute Gasteiger partial charge is 0.226 e. The number of allylic oxidation sites excluding steroid dienone is 4. The predicted octanol–water partition coefficient (Wildman–Crippen LogP) is 4.28. The average molecular weight is 505 g/mol. The summed E-state index contributed by atoms with van der Waals surface area (Å²) < 4.78 is 5.77. The largest absolute Gasteiger partial charge is 0.507 e. The van der Waals surface area contributed by atoms with Gasteiger partial charge in [0.15, 0.2) is 17.3 Å². The fourth-order valence-corrected chi connectivity index (χ4v) is 4.56. The van der Waals surface area contributed by atoms with Gasteiger partial charge in [0.2, 0.25) is 5.91 Å². The molecule has 0 aromatic heterocycles. The number of anilines is 2. The standard InChI is InChI=1S/C28H28N2O7/c1-12(2)27(36)30-17-9-7-16(8-10-17)29-14(4)20-18(32)11-19-28(6,26(20)35)22-24(34)13(3)23(33)21(15(5)31)25(22)37-19/h7-12,29,33-34H,1-6H3,(H,30,36)/t28-/m0/s1. The van der Waals surface area contributed by atoms with Crippen molar-refractivity contribution in [2.75, 3.05) is 10.6 Å². The molecule has 4 N–H and O–H groups in total. The molecule has 0 unspecified atom stereocenters. The number of rotatable bonds is 5. The predicted molar refractivity (Wildman–Crippen MR) is 137 cm³/mol. The number of carbonyl (C=O) groups excluding carboxylic acids is 4. The van der Waals surface area contributed by atoms with Crippen LogP contribution in [0.15, 0.2) is 47.4 Å². The topological polar surface area (TPSA) is 142 Å². The number of aromatic hydroxyl groups is 2. The summed E-state index contributed by atoms with van der Waals surface area (Å²) in [4.78, 5) is 51.1. The SMILES string of the molecule is CC(=O)c1c(O)c(C)c(O)c2c1OC1=CC(=O)C(=C(C)Nc3ccc(NC(=O)C(C)C)cc3)C(=O)[C@@]12C. The Hall–Kier alpha value is -4.40. The molecule has 37 heavy (non-hydrogen) atoms. The Bertz CT molecular complexity index is 1450. The summed E-state index contributed by atoms with van der Waals surface area (Å²) in [5.41, 5.74) is -0.341. The summed E-state index contributed by atoms with van der Waals surface area (Å²) in [6.45, 7) is 9.34. The lowest BCUT2D eigenvalue weighted by Gasteiger charge is -2.29. The second kappa shape index (κ2) is 8.92. The fourth-order valence-electron chi connectivity index (χ4n) is 4.56. The maximum absolute atomic E-state index is 13.9. The zero-order chi connectivity index (χ0) is 27.4. The molecular weight excluding hydrogens is 476 g/mol. The molecule has 0 radical (unpaired) electrons. The number of phenols is 2. The second-order valence-corrected chi connectivity index (χ2v) is 9.73. The Morgan fingerprint density at radius 3 is 2.08 bits per heavy atom. The fraction of sp³-hybridized carbons (Fsp3) is 0.286. The van der Waals surface area contributed by atoms with E-state index in [2.05, 4.69) is 10.6 Å². The highest BCUT2D eigenvalue weighted by atomic mass is 16.5. The van der Waals surface area contributed by atoms with E-state index in [9.17, 15) is 29.4 Å². The van der Waals surface area contributed by atoms with Crippen LogP contribution in [-0.4, -0.2) is 33.5 Å². The van der Waals surface area contributed by atoms with Crippen molar-refractivity contribution in [3.8, 4) is 17.2 Å². The first-order valence-electron chi connectivity index (χ1n) is 11.8. The van der Waals surface area contributed by atoms with Crippen LogP contribution in [-0.2, 0) is 19.8 Å². The van der Waals surface area contributed by atoms with Crippen LogP contribution in [0.4, 0.5) is 11.4 Å². The minimum absolute atomic E-state index is 0.0258. The molecule has 9 nitrogen and oxygen atoms in total. The maximum atomic E-state index is 13.9. The van der Waals surface area contributed by atoms with Gasteiger partial charge in [0.05, 0.1) is 11.1 Å². The van der Waals surface area contributed by atoms with Crippen LogP contribution in [0.25, 0.3) is 0 Å². The normalized spacial score (nSPS) is 19.6. The monoisotopic (exact) mass is 504 g/mol. The molecule has 9 heteroatoms. The van der Waals surface area contributed by atoms with Gasteiger partial charge in [-0.25, -0.2) is 0 Å². The van der Waals surface area contributed by atoms with Gasteiger partial charge in [-0.2, -0.15) is 0 Å². The van der Waals surface area contributed by atoms with Crippen molar-refractivity contribution >= 4 is 34.6 Å². The molecule has 2 aliphatic rings. The first-order chi connectivity index (χ1) is 17.3. The van der Waals surface area contributed by atoms with Crippen molar-refractivity contribution in [3.63, 3.8) is 0 Å². The Balaban J connectivity index is 1.74. The van der Waals surface area contributed by atoms with Crippen LogP contribution in [0.2, 0.25) is 0 Å². The van der Waals surface area contributed by atoms with Gasteiger partial charge in [-0.05, 0) is 52.0 Å². The quantitative estimate of drug-likeness (QED) is 0.269. The van der Waals surface area contributed by atoms with Gasteiger partial charge in [0.1, 0.15) is 34.0 Å². The molecule has 1 aliphatic carbocycles. The molecule has 0 fully saturated rings. The molecule has 1 aliphatic heterocycles. The summed E-state index contributed by atoms with van der Waals surface area (Å²) in [5.74, 6) is -2.99. The number of hydrogen-bond acceptors (Lipinski definition) is 8. The zero-order valence-electron chi connectivity index (χ0n) is 21.4. The molecule has 0 bridgehead atoms. The number of fused-ring (bicyclic) bond motifs is 3. The molecule has 0 saturated heterocycles. The van der Waals surface area contributed by atoms with E-state index >= 15 is 0 Å². The van der Waals surface area contributed by atoms with Gasteiger partial charge >= 0.3 is 0 Å². The first kappa shape index (κ1) is 25.7. The van der Waals surface area contributed by atoms with E-state index in [1.807, 2.05) is 0 Å². The Kier molecular flexibility index (Phi) is 6.19. The van der Waals surface area contributed by atoms with Gasteiger partial charge in [-0.1, -0.05) is 13.8 Å². The number of hydrogen-bond donors (Lipinski definition) is 4. The molecule has 192 valence electrons. The lowest BCUT2D eigenvalue weighted by Crippen LogP contribution is -2.40. The Morgan fingerprint density at radius 2 is 1.54 bits per heavy atom. The number of phenolic OH excluding ortho intramolecular Hbond substituents is 2. The van der Waals surface area contributed by atoms with E-state index in [1.54, 1.807) is 45.0 Å².